The maximum Gasteiger partial charge on any atom is 0.339 e. The predicted molar refractivity (Wildman–Crippen MR) is 81.4 cm³/mol. The van der Waals surface area contributed by atoms with Crippen molar-refractivity contribution < 1.29 is 9.53 Å². The van der Waals surface area contributed by atoms with Gasteiger partial charge in [-0.25, -0.2) is 4.79 Å². The number of carbonyl (C=O) groups excluding carboxylic acids is 1. The van der Waals surface area contributed by atoms with Gasteiger partial charge in [0.15, 0.2) is 5.65 Å². The Morgan fingerprint density at radius 3 is 2.86 bits per heavy atom. The van der Waals surface area contributed by atoms with Gasteiger partial charge in [-0.3, -0.25) is 4.40 Å². The molecule has 3 atom stereocenters. The molecule has 0 unspecified atom stereocenters. The highest BCUT2D eigenvalue weighted by molar-refractivity contribution is 5.89. The lowest BCUT2D eigenvalue weighted by Crippen LogP contribution is -2.38. The van der Waals surface area contributed by atoms with Gasteiger partial charge in [0.05, 0.1) is 5.56 Å². The number of pyridine rings is 1. The highest BCUT2D eigenvalue weighted by atomic mass is 16.5. The highest BCUT2D eigenvalue weighted by Crippen LogP contribution is 2.66. The van der Waals surface area contributed by atoms with Crippen LogP contribution in [0.15, 0.2) is 24.7 Å². The summed E-state index contributed by atoms with van der Waals surface area (Å²) in [6, 6.07) is 3.54. The van der Waals surface area contributed by atoms with E-state index in [1.165, 1.54) is 6.42 Å². The van der Waals surface area contributed by atoms with Gasteiger partial charge in [0, 0.05) is 11.6 Å². The fraction of sp³-hybridized carbons (Fsp3) is 0.588. The molecule has 116 valence electrons. The maximum absolute atomic E-state index is 12.5. The van der Waals surface area contributed by atoms with Crippen LogP contribution in [0, 0.1) is 16.7 Å². The smallest absolute Gasteiger partial charge is 0.339 e. The molecule has 2 fully saturated rings. The van der Waals surface area contributed by atoms with E-state index in [-0.39, 0.29) is 22.9 Å². The molecule has 0 saturated heterocycles. The van der Waals surface area contributed by atoms with Crippen LogP contribution in [0.4, 0.5) is 0 Å². The Bertz CT molecular complexity index is 751. The van der Waals surface area contributed by atoms with Crippen molar-refractivity contribution in [3.63, 3.8) is 0 Å². The molecule has 0 radical (unpaired) electrons. The predicted octanol–water partition coefficient (Wildman–Crippen LogP) is 3.10. The minimum absolute atomic E-state index is 0.0189. The molecule has 0 amide bonds. The van der Waals surface area contributed by atoms with Crippen molar-refractivity contribution in [2.24, 2.45) is 16.7 Å². The second-order valence-corrected chi connectivity index (χ2v) is 7.52. The molecule has 0 aliphatic heterocycles. The van der Waals surface area contributed by atoms with Crippen LogP contribution in [0.2, 0.25) is 0 Å². The maximum atomic E-state index is 12.5. The number of fused-ring (bicyclic) bond motifs is 3. The summed E-state index contributed by atoms with van der Waals surface area (Å²) in [5, 5.41) is 7.77. The summed E-state index contributed by atoms with van der Waals surface area (Å²) >= 11 is 0. The normalized spacial score (nSPS) is 32.5. The molecule has 0 spiro atoms. The Labute approximate surface area is 129 Å². The van der Waals surface area contributed by atoms with E-state index in [0.29, 0.717) is 11.5 Å². The average Bonchev–Trinajstić information content (AvgIpc) is 3.08. The summed E-state index contributed by atoms with van der Waals surface area (Å²) in [6.07, 6.45) is 6.73. The van der Waals surface area contributed by atoms with Gasteiger partial charge in [-0.15, -0.1) is 10.2 Å². The molecule has 2 aromatic rings. The first-order valence-electron chi connectivity index (χ1n) is 7.92. The largest absolute Gasteiger partial charge is 0.458 e. The van der Waals surface area contributed by atoms with Crippen LogP contribution in [-0.4, -0.2) is 26.7 Å². The molecule has 5 heteroatoms. The van der Waals surface area contributed by atoms with Crippen molar-refractivity contribution in [3.05, 3.63) is 30.2 Å². The van der Waals surface area contributed by atoms with E-state index < -0.39 is 0 Å². The van der Waals surface area contributed by atoms with Crippen molar-refractivity contribution >= 4 is 11.6 Å². The summed E-state index contributed by atoms with van der Waals surface area (Å²) in [7, 11) is 0. The topological polar surface area (TPSA) is 56.5 Å². The third kappa shape index (κ3) is 1.68. The van der Waals surface area contributed by atoms with Crippen LogP contribution < -0.4 is 0 Å². The van der Waals surface area contributed by atoms with Gasteiger partial charge in [-0.2, -0.15) is 0 Å². The van der Waals surface area contributed by atoms with Gasteiger partial charge < -0.3 is 4.74 Å². The third-order valence-corrected chi connectivity index (χ3v) is 6.49. The number of esters is 1. The molecular formula is C17H21N3O2. The van der Waals surface area contributed by atoms with Crippen LogP contribution in [0.1, 0.15) is 50.4 Å². The highest BCUT2D eigenvalue weighted by Gasteiger charge is 2.62. The monoisotopic (exact) mass is 299 g/mol. The lowest BCUT2D eigenvalue weighted by atomic mass is 9.70. The molecule has 0 aromatic carbocycles. The zero-order valence-electron chi connectivity index (χ0n) is 13.2. The van der Waals surface area contributed by atoms with Gasteiger partial charge in [-0.05, 0) is 42.7 Å². The van der Waals surface area contributed by atoms with E-state index in [1.54, 1.807) is 29.1 Å². The Hall–Kier alpha value is -1.91. The van der Waals surface area contributed by atoms with E-state index >= 15 is 0 Å². The van der Waals surface area contributed by atoms with Crippen LogP contribution in [0.3, 0.4) is 0 Å². The Morgan fingerprint density at radius 2 is 2.18 bits per heavy atom. The Kier molecular flexibility index (Phi) is 2.69. The van der Waals surface area contributed by atoms with E-state index in [4.69, 9.17) is 4.74 Å². The van der Waals surface area contributed by atoms with Crippen molar-refractivity contribution in [1.29, 1.82) is 0 Å². The first-order chi connectivity index (χ1) is 10.4. The number of rotatable bonds is 2. The fourth-order valence-electron chi connectivity index (χ4n) is 4.45. The molecule has 2 heterocycles. The van der Waals surface area contributed by atoms with Crippen molar-refractivity contribution in [1.82, 2.24) is 14.6 Å². The minimum atomic E-state index is -0.245. The van der Waals surface area contributed by atoms with E-state index in [1.807, 2.05) is 0 Å². The van der Waals surface area contributed by atoms with Crippen molar-refractivity contribution in [2.75, 3.05) is 0 Å². The standard InChI is InChI=1S/C17H21N3O2/c1-16(2)12-6-7-17(16,3)13(8-12)22-15(21)11-4-5-14-19-18-10-20(14)9-11/h4-5,9-10,12-13H,6-8H2,1-3H3/t12-,13+,17-/m0/s1. The second kappa shape index (κ2) is 4.31. The molecule has 4 rings (SSSR count). The zero-order chi connectivity index (χ0) is 15.5. The van der Waals surface area contributed by atoms with Crippen molar-refractivity contribution in [3.8, 4) is 0 Å². The van der Waals surface area contributed by atoms with Crippen LogP contribution in [0.25, 0.3) is 5.65 Å². The zero-order valence-corrected chi connectivity index (χ0v) is 13.2. The summed E-state index contributed by atoms with van der Waals surface area (Å²) < 4.78 is 7.64. The number of nitrogens with zero attached hydrogens (tertiary/aromatic N) is 3. The van der Waals surface area contributed by atoms with Crippen LogP contribution in [0.5, 0.6) is 0 Å². The quantitative estimate of drug-likeness (QED) is 0.800. The summed E-state index contributed by atoms with van der Waals surface area (Å²) in [5.74, 6) is 0.417. The first kappa shape index (κ1) is 13.7. The number of hydrogen-bond donors (Lipinski definition) is 0. The molecule has 2 bridgehead atoms. The Balaban J connectivity index is 1.58. The lowest BCUT2D eigenvalue weighted by Gasteiger charge is -2.38. The lowest BCUT2D eigenvalue weighted by molar-refractivity contribution is -0.0242. The number of hydrogen-bond acceptors (Lipinski definition) is 4. The van der Waals surface area contributed by atoms with Crippen LogP contribution >= 0.6 is 0 Å². The van der Waals surface area contributed by atoms with Gasteiger partial charge in [0.2, 0.25) is 0 Å². The molecule has 5 nitrogen and oxygen atoms in total. The number of carbonyl (C=O) groups is 1. The van der Waals surface area contributed by atoms with E-state index in [9.17, 15) is 4.79 Å². The molecule has 2 aliphatic rings. The second-order valence-electron chi connectivity index (χ2n) is 7.52. The van der Waals surface area contributed by atoms with Gasteiger partial charge in [0.1, 0.15) is 12.4 Å². The molecule has 0 N–H and O–H groups in total. The molecule has 2 aromatic heterocycles. The third-order valence-electron chi connectivity index (χ3n) is 6.49. The summed E-state index contributed by atoms with van der Waals surface area (Å²) in [6.45, 7) is 6.92. The van der Waals surface area contributed by atoms with Gasteiger partial charge in [-0.1, -0.05) is 20.8 Å². The molecule has 2 aliphatic carbocycles. The Morgan fingerprint density at radius 1 is 1.36 bits per heavy atom. The van der Waals surface area contributed by atoms with Crippen molar-refractivity contribution in [2.45, 2.75) is 46.1 Å². The molecular weight excluding hydrogens is 278 g/mol. The van der Waals surface area contributed by atoms with Gasteiger partial charge >= 0.3 is 5.97 Å². The minimum Gasteiger partial charge on any atom is -0.458 e. The van der Waals surface area contributed by atoms with Crippen LogP contribution in [-0.2, 0) is 4.74 Å². The number of ether oxygens (including phenoxy) is 1. The van der Waals surface area contributed by atoms with E-state index in [2.05, 4.69) is 31.0 Å². The van der Waals surface area contributed by atoms with Gasteiger partial charge in [0.25, 0.3) is 0 Å². The molecule has 22 heavy (non-hydrogen) atoms. The first-order valence-corrected chi connectivity index (χ1v) is 7.92. The SMILES string of the molecule is CC1(C)[C@H]2CC[C@@]1(C)[C@H](OC(=O)c1ccc3nncn3c1)C2. The average molecular weight is 299 g/mol. The summed E-state index contributed by atoms with van der Waals surface area (Å²) in [5.41, 5.74) is 1.62. The van der Waals surface area contributed by atoms with E-state index in [0.717, 1.165) is 18.5 Å². The fourth-order valence-corrected chi connectivity index (χ4v) is 4.45. The molecule has 2 saturated carbocycles. The number of aromatic nitrogens is 3. The summed E-state index contributed by atoms with van der Waals surface area (Å²) in [4.78, 5) is 12.5.